The molecule has 0 N–H and O–H groups in total. The Morgan fingerprint density at radius 1 is 1.25 bits per heavy atom. The number of nitrogens with zero attached hydrogens (tertiary/aromatic N) is 2. The lowest BCUT2D eigenvalue weighted by Crippen LogP contribution is -2.35. The molecule has 2 heteroatoms. The number of para-hydroxylation sites is 1. The van der Waals surface area contributed by atoms with Crippen molar-refractivity contribution in [2.24, 2.45) is 0 Å². The first-order valence-corrected chi connectivity index (χ1v) is 4.43. The highest BCUT2D eigenvalue weighted by atomic mass is 15.4. The third-order valence-electron chi connectivity index (χ3n) is 2.57. The molecular formula is C10H11N2+. The summed E-state index contributed by atoms with van der Waals surface area (Å²) in [5, 5.41) is 1.36. The average Bonchev–Trinajstić information content (AvgIpc) is 2.62. The molecular weight excluding hydrogens is 148 g/mol. The molecule has 0 amide bonds. The summed E-state index contributed by atoms with van der Waals surface area (Å²) in [6, 6.07) is 8.57. The Balaban J connectivity index is 2.44. The highest BCUT2D eigenvalue weighted by molar-refractivity contribution is 5.77. The maximum Gasteiger partial charge on any atom is 0.203 e. The van der Waals surface area contributed by atoms with Crippen LogP contribution in [0.25, 0.3) is 10.9 Å². The van der Waals surface area contributed by atoms with Gasteiger partial charge in [-0.25, -0.2) is 0 Å². The minimum absolute atomic E-state index is 1.17. The summed E-state index contributed by atoms with van der Waals surface area (Å²) < 4.78 is 4.67. The van der Waals surface area contributed by atoms with Gasteiger partial charge in [-0.1, -0.05) is 12.1 Å². The SMILES string of the molecule is c1ccc2c(c1)c[n+]1n2CCC1. The summed E-state index contributed by atoms with van der Waals surface area (Å²) in [5.41, 5.74) is 1.37. The van der Waals surface area contributed by atoms with Crippen molar-refractivity contribution in [3.8, 4) is 0 Å². The van der Waals surface area contributed by atoms with E-state index in [1.165, 1.54) is 30.4 Å². The van der Waals surface area contributed by atoms with Crippen molar-refractivity contribution in [1.29, 1.82) is 0 Å². The highest BCUT2D eigenvalue weighted by Crippen LogP contribution is 2.14. The molecule has 1 aliphatic heterocycles. The monoisotopic (exact) mass is 159 g/mol. The van der Waals surface area contributed by atoms with Crippen LogP contribution in [0.3, 0.4) is 0 Å². The molecule has 0 atom stereocenters. The number of aromatic nitrogens is 2. The molecule has 0 saturated carbocycles. The number of hydrogen-bond donors (Lipinski definition) is 0. The number of rotatable bonds is 0. The van der Waals surface area contributed by atoms with Crippen LogP contribution in [0.4, 0.5) is 0 Å². The zero-order valence-corrected chi connectivity index (χ0v) is 6.90. The summed E-state index contributed by atoms with van der Waals surface area (Å²) in [5.74, 6) is 0. The van der Waals surface area contributed by atoms with Crippen LogP contribution < -0.4 is 4.68 Å². The Kier molecular flexibility index (Phi) is 1.09. The molecule has 0 bridgehead atoms. The van der Waals surface area contributed by atoms with Gasteiger partial charge in [0.05, 0.1) is 11.9 Å². The largest absolute Gasteiger partial charge is 0.203 e. The van der Waals surface area contributed by atoms with Crippen molar-refractivity contribution < 1.29 is 4.68 Å². The summed E-state index contributed by atoms with van der Waals surface area (Å²) >= 11 is 0. The molecule has 1 aliphatic rings. The molecule has 0 radical (unpaired) electrons. The third kappa shape index (κ3) is 0.670. The third-order valence-corrected chi connectivity index (χ3v) is 2.57. The fourth-order valence-corrected chi connectivity index (χ4v) is 2.02. The van der Waals surface area contributed by atoms with Crippen molar-refractivity contribution in [3.63, 3.8) is 0 Å². The zero-order chi connectivity index (χ0) is 7.97. The van der Waals surface area contributed by atoms with Crippen LogP contribution in [-0.4, -0.2) is 4.68 Å². The lowest BCUT2D eigenvalue weighted by atomic mass is 10.2. The Morgan fingerprint density at radius 3 is 3.17 bits per heavy atom. The van der Waals surface area contributed by atoms with Gasteiger partial charge in [0.15, 0.2) is 6.54 Å². The van der Waals surface area contributed by atoms with Crippen LogP contribution in [0, 0.1) is 0 Å². The zero-order valence-electron chi connectivity index (χ0n) is 6.90. The molecule has 1 aromatic heterocycles. The normalized spacial score (nSPS) is 15.3. The van der Waals surface area contributed by atoms with Gasteiger partial charge in [0.1, 0.15) is 5.52 Å². The van der Waals surface area contributed by atoms with Gasteiger partial charge in [-0.15, -0.1) is 4.68 Å². The summed E-state index contributed by atoms with van der Waals surface area (Å²) in [6.07, 6.45) is 3.52. The Hall–Kier alpha value is -1.31. The summed E-state index contributed by atoms with van der Waals surface area (Å²) in [7, 11) is 0. The van der Waals surface area contributed by atoms with E-state index in [0.29, 0.717) is 0 Å². The van der Waals surface area contributed by atoms with E-state index < -0.39 is 0 Å². The second-order valence-corrected chi connectivity index (χ2v) is 3.33. The fraction of sp³-hybridized carbons (Fsp3) is 0.300. The van der Waals surface area contributed by atoms with E-state index in [1.807, 2.05) is 0 Å². The first kappa shape index (κ1) is 6.23. The van der Waals surface area contributed by atoms with Crippen molar-refractivity contribution in [2.75, 3.05) is 0 Å². The van der Waals surface area contributed by atoms with Crippen LogP contribution in [-0.2, 0) is 13.1 Å². The van der Waals surface area contributed by atoms with E-state index in [1.54, 1.807) is 0 Å². The lowest BCUT2D eigenvalue weighted by Gasteiger charge is -1.89. The van der Waals surface area contributed by atoms with Crippen molar-refractivity contribution in [1.82, 2.24) is 4.68 Å². The Morgan fingerprint density at radius 2 is 2.17 bits per heavy atom. The molecule has 2 aromatic rings. The van der Waals surface area contributed by atoms with Gasteiger partial charge >= 0.3 is 0 Å². The number of aryl methyl sites for hydroxylation is 2. The van der Waals surface area contributed by atoms with Gasteiger partial charge in [-0.3, -0.25) is 0 Å². The standard InChI is InChI=1S/C10H11N2/c1-2-5-10-9(4-1)8-11-6-3-7-12(10)11/h1-2,4-5,8H,3,6-7H2/q+1. The number of benzene rings is 1. The van der Waals surface area contributed by atoms with Crippen molar-refractivity contribution >= 4 is 10.9 Å². The van der Waals surface area contributed by atoms with Crippen LogP contribution in [0.1, 0.15) is 6.42 Å². The van der Waals surface area contributed by atoms with Crippen LogP contribution in [0.5, 0.6) is 0 Å². The maximum absolute atomic E-state index is 2.36. The van der Waals surface area contributed by atoms with E-state index in [0.717, 1.165) is 0 Å². The minimum Gasteiger partial charge on any atom is -0.153 e. The second kappa shape index (κ2) is 2.09. The number of fused-ring (bicyclic) bond motifs is 3. The quantitative estimate of drug-likeness (QED) is 0.513. The van der Waals surface area contributed by atoms with Crippen molar-refractivity contribution in [3.05, 3.63) is 30.5 Å². The van der Waals surface area contributed by atoms with Gasteiger partial charge in [0, 0.05) is 6.42 Å². The molecule has 0 saturated heterocycles. The van der Waals surface area contributed by atoms with Crippen LogP contribution in [0.2, 0.25) is 0 Å². The smallest absolute Gasteiger partial charge is 0.153 e. The second-order valence-electron chi connectivity index (χ2n) is 3.33. The molecule has 0 spiro atoms. The average molecular weight is 159 g/mol. The molecule has 12 heavy (non-hydrogen) atoms. The van der Waals surface area contributed by atoms with Gasteiger partial charge in [-0.2, -0.15) is 4.68 Å². The predicted molar refractivity (Wildman–Crippen MR) is 46.8 cm³/mol. The van der Waals surface area contributed by atoms with Crippen LogP contribution >= 0.6 is 0 Å². The topological polar surface area (TPSA) is 8.81 Å². The van der Waals surface area contributed by atoms with Gasteiger partial charge in [0.25, 0.3) is 0 Å². The highest BCUT2D eigenvalue weighted by Gasteiger charge is 2.20. The first-order chi connectivity index (χ1) is 5.95. The van der Waals surface area contributed by atoms with E-state index in [2.05, 4.69) is 39.8 Å². The maximum atomic E-state index is 2.36. The Labute approximate surface area is 71.0 Å². The Bertz CT molecular complexity index is 428. The lowest BCUT2D eigenvalue weighted by molar-refractivity contribution is -0.755. The van der Waals surface area contributed by atoms with Crippen LogP contribution in [0.15, 0.2) is 30.5 Å². The molecule has 2 heterocycles. The summed E-state index contributed by atoms with van der Waals surface area (Å²) in [4.78, 5) is 0. The summed E-state index contributed by atoms with van der Waals surface area (Å²) in [6.45, 7) is 2.35. The van der Waals surface area contributed by atoms with E-state index >= 15 is 0 Å². The fourth-order valence-electron chi connectivity index (χ4n) is 2.02. The van der Waals surface area contributed by atoms with Crippen molar-refractivity contribution in [2.45, 2.75) is 19.5 Å². The molecule has 0 unspecified atom stereocenters. The minimum atomic E-state index is 1.17. The molecule has 0 aliphatic carbocycles. The molecule has 3 rings (SSSR count). The van der Waals surface area contributed by atoms with Gasteiger partial charge in [-0.05, 0) is 12.1 Å². The van der Waals surface area contributed by atoms with Gasteiger partial charge in [0.2, 0.25) is 6.20 Å². The number of hydrogen-bond acceptors (Lipinski definition) is 0. The van der Waals surface area contributed by atoms with E-state index in [9.17, 15) is 0 Å². The molecule has 2 nitrogen and oxygen atoms in total. The van der Waals surface area contributed by atoms with Gasteiger partial charge < -0.3 is 0 Å². The predicted octanol–water partition coefficient (Wildman–Crippen LogP) is 1.33. The molecule has 60 valence electrons. The van der Waals surface area contributed by atoms with E-state index in [4.69, 9.17) is 0 Å². The first-order valence-electron chi connectivity index (χ1n) is 4.43. The van der Waals surface area contributed by atoms with E-state index in [-0.39, 0.29) is 0 Å². The molecule has 0 fully saturated rings. The molecule has 1 aromatic carbocycles.